The zero-order valence-electron chi connectivity index (χ0n) is 7.00. The average molecular weight is 166 g/mol. The van der Waals surface area contributed by atoms with E-state index in [1.165, 1.54) is 20.1 Å². The maximum Gasteiger partial charge on any atom is 0.166 e. The highest BCUT2D eigenvalue weighted by Gasteiger charge is 2.12. The van der Waals surface area contributed by atoms with E-state index >= 15 is 0 Å². The van der Waals surface area contributed by atoms with Crippen molar-refractivity contribution in [2.45, 2.75) is 13.8 Å². The Morgan fingerprint density at radius 1 is 1.50 bits per heavy atom. The van der Waals surface area contributed by atoms with Gasteiger partial charge in [-0.05, 0) is 26.0 Å². The third-order valence-corrected chi connectivity index (χ3v) is 1.48. The molecular weight excluding hydrogens is 156 g/mol. The summed E-state index contributed by atoms with van der Waals surface area (Å²) < 4.78 is 4.98. The number of furan rings is 1. The third-order valence-electron chi connectivity index (χ3n) is 1.48. The molecule has 1 aromatic heterocycles. The number of aliphatic hydroxyl groups excluding tert-OH is 1. The van der Waals surface area contributed by atoms with Gasteiger partial charge in [0.2, 0.25) is 0 Å². The van der Waals surface area contributed by atoms with Gasteiger partial charge in [0.05, 0.1) is 11.8 Å². The molecule has 64 valence electrons. The second-order valence-electron chi connectivity index (χ2n) is 2.49. The molecule has 0 unspecified atom stereocenters. The molecule has 3 nitrogen and oxygen atoms in total. The fourth-order valence-electron chi connectivity index (χ4n) is 1.03. The predicted octanol–water partition coefficient (Wildman–Crippen LogP) is 2.16. The van der Waals surface area contributed by atoms with Crippen molar-refractivity contribution in [3.8, 4) is 0 Å². The van der Waals surface area contributed by atoms with Crippen molar-refractivity contribution in [1.29, 1.82) is 0 Å². The van der Waals surface area contributed by atoms with Crippen molar-refractivity contribution in [2.75, 3.05) is 0 Å². The number of hydrogen-bond acceptors (Lipinski definition) is 3. The number of carbonyl (C=O) groups is 1. The molecule has 12 heavy (non-hydrogen) atoms. The smallest absolute Gasteiger partial charge is 0.166 e. The van der Waals surface area contributed by atoms with Gasteiger partial charge >= 0.3 is 0 Å². The van der Waals surface area contributed by atoms with Crippen LogP contribution in [0.3, 0.4) is 0 Å². The second kappa shape index (κ2) is 3.26. The highest BCUT2D eigenvalue weighted by Crippen LogP contribution is 2.18. The van der Waals surface area contributed by atoms with Gasteiger partial charge in [0.25, 0.3) is 0 Å². The molecule has 1 aromatic rings. The molecule has 0 saturated carbocycles. The summed E-state index contributed by atoms with van der Waals surface area (Å²) in [5.41, 5.74) is 0.236. The van der Waals surface area contributed by atoms with Gasteiger partial charge in [0, 0.05) is 0 Å². The van der Waals surface area contributed by atoms with Crippen molar-refractivity contribution < 1.29 is 14.3 Å². The van der Waals surface area contributed by atoms with Crippen LogP contribution in [-0.4, -0.2) is 10.9 Å². The van der Waals surface area contributed by atoms with Crippen LogP contribution in [0.4, 0.5) is 0 Å². The van der Waals surface area contributed by atoms with Gasteiger partial charge in [-0.15, -0.1) is 0 Å². The molecule has 0 aliphatic heterocycles. The molecule has 1 heterocycles. The number of Topliss-reactive ketones (excluding diaryl/α,β-unsaturated/α-hetero) is 1. The van der Waals surface area contributed by atoms with Crippen LogP contribution in [0.2, 0.25) is 0 Å². The summed E-state index contributed by atoms with van der Waals surface area (Å²) in [6.07, 6.45) is 1.46. The van der Waals surface area contributed by atoms with Gasteiger partial charge in [0.15, 0.2) is 5.78 Å². The summed E-state index contributed by atoms with van der Waals surface area (Å²) in [5.74, 6) is 0.185. The van der Waals surface area contributed by atoms with E-state index in [1.54, 1.807) is 12.1 Å². The van der Waals surface area contributed by atoms with Crippen LogP contribution in [0.15, 0.2) is 28.6 Å². The van der Waals surface area contributed by atoms with E-state index in [0.717, 1.165) is 0 Å². The van der Waals surface area contributed by atoms with E-state index in [1.807, 2.05) is 0 Å². The molecular formula is C9H10O3. The fourth-order valence-corrected chi connectivity index (χ4v) is 1.03. The van der Waals surface area contributed by atoms with Crippen molar-refractivity contribution in [3.05, 3.63) is 29.9 Å². The van der Waals surface area contributed by atoms with Gasteiger partial charge in [-0.25, -0.2) is 0 Å². The number of carbonyl (C=O) groups excluding carboxylic acids is 1. The first-order valence-corrected chi connectivity index (χ1v) is 3.57. The van der Waals surface area contributed by atoms with Crippen molar-refractivity contribution in [1.82, 2.24) is 0 Å². The van der Waals surface area contributed by atoms with Crippen LogP contribution in [0.5, 0.6) is 0 Å². The quantitative estimate of drug-likeness (QED) is 0.541. The summed E-state index contributed by atoms with van der Waals surface area (Å²) in [5, 5.41) is 9.15. The zero-order chi connectivity index (χ0) is 9.14. The molecule has 0 saturated heterocycles. The number of ketones is 1. The minimum absolute atomic E-state index is 0.0162. The first-order chi connectivity index (χ1) is 5.63. The lowest BCUT2D eigenvalue weighted by Crippen LogP contribution is -1.97. The Hall–Kier alpha value is -1.51. The van der Waals surface area contributed by atoms with E-state index < -0.39 is 0 Å². The van der Waals surface area contributed by atoms with Gasteiger partial charge < -0.3 is 9.52 Å². The molecule has 3 heteroatoms. The summed E-state index contributed by atoms with van der Waals surface area (Å²) in [6.45, 7) is 2.84. The molecule has 0 bridgehead atoms. The molecule has 0 atom stereocenters. The predicted molar refractivity (Wildman–Crippen MR) is 44.6 cm³/mol. The molecule has 0 fully saturated rings. The van der Waals surface area contributed by atoms with Gasteiger partial charge in [-0.2, -0.15) is 0 Å². The minimum atomic E-state index is -0.204. The SMILES string of the molecule is CC(=O)/C(=C(/C)O)c1ccco1. The van der Waals surface area contributed by atoms with E-state index in [2.05, 4.69) is 0 Å². The van der Waals surface area contributed by atoms with Gasteiger partial charge in [0.1, 0.15) is 11.5 Å². The lowest BCUT2D eigenvalue weighted by atomic mass is 10.1. The average Bonchev–Trinajstić information content (AvgIpc) is 2.37. The van der Waals surface area contributed by atoms with Crippen molar-refractivity contribution >= 4 is 11.4 Å². The van der Waals surface area contributed by atoms with Gasteiger partial charge in [-0.1, -0.05) is 0 Å². The van der Waals surface area contributed by atoms with Crippen molar-refractivity contribution in [2.24, 2.45) is 0 Å². The highest BCUT2D eigenvalue weighted by atomic mass is 16.3. The molecule has 1 N–H and O–H groups in total. The number of allylic oxidation sites excluding steroid dienone is 2. The fraction of sp³-hybridized carbons (Fsp3) is 0.222. The second-order valence-corrected chi connectivity index (χ2v) is 2.49. The summed E-state index contributed by atoms with van der Waals surface area (Å²) in [6, 6.07) is 3.30. The van der Waals surface area contributed by atoms with Crippen LogP contribution < -0.4 is 0 Å². The van der Waals surface area contributed by atoms with Crippen LogP contribution in [-0.2, 0) is 4.79 Å². The normalized spacial score (nSPS) is 12.5. The van der Waals surface area contributed by atoms with E-state index in [4.69, 9.17) is 9.52 Å². The minimum Gasteiger partial charge on any atom is -0.512 e. The highest BCUT2D eigenvalue weighted by molar-refractivity contribution is 6.19. The molecule has 0 spiro atoms. The van der Waals surface area contributed by atoms with E-state index in [0.29, 0.717) is 5.76 Å². The zero-order valence-corrected chi connectivity index (χ0v) is 7.00. The van der Waals surface area contributed by atoms with Crippen LogP contribution in [0.1, 0.15) is 19.6 Å². The topological polar surface area (TPSA) is 50.4 Å². The van der Waals surface area contributed by atoms with E-state index in [-0.39, 0.29) is 17.1 Å². The van der Waals surface area contributed by atoms with Crippen molar-refractivity contribution in [3.63, 3.8) is 0 Å². The molecule has 0 aliphatic rings. The maximum absolute atomic E-state index is 11.0. The number of hydrogen-bond donors (Lipinski definition) is 1. The van der Waals surface area contributed by atoms with Crippen LogP contribution in [0.25, 0.3) is 5.57 Å². The Morgan fingerprint density at radius 3 is 2.50 bits per heavy atom. The Balaban J connectivity index is 3.15. The van der Waals surface area contributed by atoms with Crippen LogP contribution in [0, 0.1) is 0 Å². The lowest BCUT2D eigenvalue weighted by molar-refractivity contribution is -0.112. The molecule has 0 amide bonds. The van der Waals surface area contributed by atoms with Crippen LogP contribution >= 0.6 is 0 Å². The molecule has 0 aliphatic carbocycles. The Bertz CT molecular complexity index is 303. The third kappa shape index (κ3) is 1.56. The standard InChI is InChI=1S/C9H10O3/c1-6(10)9(7(2)11)8-4-3-5-12-8/h3-5,10H,1-2H3/b9-6+. The number of rotatable bonds is 2. The number of aliphatic hydroxyl groups is 1. The summed E-state index contributed by atoms with van der Waals surface area (Å²) in [4.78, 5) is 11.0. The lowest BCUT2D eigenvalue weighted by Gasteiger charge is -1.99. The summed E-state index contributed by atoms with van der Waals surface area (Å²) in [7, 11) is 0. The summed E-state index contributed by atoms with van der Waals surface area (Å²) >= 11 is 0. The molecule has 0 aromatic carbocycles. The first-order valence-electron chi connectivity index (χ1n) is 3.57. The first kappa shape index (κ1) is 8.59. The Labute approximate surface area is 70.3 Å². The maximum atomic E-state index is 11.0. The van der Waals surface area contributed by atoms with Gasteiger partial charge in [-0.3, -0.25) is 4.79 Å². The van der Waals surface area contributed by atoms with E-state index in [9.17, 15) is 4.79 Å². The molecule has 0 radical (unpaired) electrons. The molecule has 1 rings (SSSR count). The largest absolute Gasteiger partial charge is 0.512 e. The Kier molecular flexibility index (Phi) is 2.33. The monoisotopic (exact) mass is 166 g/mol. The Morgan fingerprint density at radius 2 is 2.17 bits per heavy atom.